The first-order valence-corrected chi connectivity index (χ1v) is 6.54. The van der Waals surface area contributed by atoms with Crippen molar-refractivity contribution < 1.29 is 4.79 Å². The molecule has 0 aromatic carbocycles. The molecule has 0 unspecified atom stereocenters. The van der Waals surface area contributed by atoms with Crippen molar-refractivity contribution in [3.05, 3.63) is 0 Å². The maximum absolute atomic E-state index is 10.8. The van der Waals surface area contributed by atoms with Crippen molar-refractivity contribution in [2.24, 2.45) is 0 Å². The van der Waals surface area contributed by atoms with Gasteiger partial charge in [-0.05, 0) is 12.8 Å². The van der Waals surface area contributed by atoms with Gasteiger partial charge in [0.25, 0.3) is 0 Å². The Morgan fingerprint density at radius 3 is 1.60 bits per heavy atom. The minimum Gasteiger partial charge on any atom is -0.345 e. The van der Waals surface area contributed by atoms with Crippen LogP contribution in [0.3, 0.4) is 0 Å². The maximum atomic E-state index is 10.8. The highest BCUT2D eigenvalue weighted by Gasteiger charge is 2.00. The molecule has 0 rings (SSSR count). The summed E-state index contributed by atoms with van der Waals surface area (Å²) in [6.45, 7) is 6.33. The summed E-state index contributed by atoms with van der Waals surface area (Å²) in [5, 5.41) is 0. The minimum absolute atomic E-state index is 0.954. The molecule has 0 aromatic rings. The van der Waals surface area contributed by atoms with Crippen LogP contribution in [0.5, 0.6) is 0 Å². The molecule has 2 heteroatoms. The molecule has 0 radical (unpaired) electrons. The highest BCUT2D eigenvalue weighted by molar-refractivity contribution is 5.46. The minimum atomic E-state index is 0.954. The normalized spacial score (nSPS) is 10.3. The van der Waals surface area contributed by atoms with Gasteiger partial charge in [-0.25, -0.2) is 0 Å². The van der Waals surface area contributed by atoms with Gasteiger partial charge in [-0.3, -0.25) is 4.79 Å². The van der Waals surface area contributed by atoms with Gasteiger partial charge in [-0.1, -0.05) is 52.4 Å². The van der Waals surface area contributed by atoms with Crippen LogP contribution in [0.15, 0.2) is 0 Å². The molecule has 2 nitrogen and oxygen atoms in total. The average molecular weight is 213 g/mol. The number of amides is 1. The first kappa shape index (κ1) is 14.5. The molecule has 0 heterocycles. The van der Waals surface area contributed by atoms with Crippen LogP contribution in [-0.2, 0) is 4.79 Å². The van der Waals surface area contributed by atoms with Crippen molar-refractivity contribution in [2.75, 3.05) is 13.1 Å². The fourth-order valence-corrected chi connectivity index (χ4v) is 1.70. The Balaban J connectivity index is 3.34. The standard InChI is InChI=1S/C13H27NO/c1-3-5-7-9-11-14(13-15)12-10-8-6-4-2/h13H,3-12H2,1-2H3. The summed E-state index contributed by atoms with van der Waals surface area (Å²) in [4.78, 5) is 12.7. The maximum Gasteiger partial charge on any atom is 0.209 e. The zero-order valence-corrected chi connectivity index (χ0v) is 10.5. The molecule has 0 bridgehead atoms. The third-order valence-electron chi connectivity index (χ3n) is 2.75. The van der Waals surface area contributed by atoms with Crippen LogP contribution in [-0.4, -0.2) is 24.4 Å². The number of hydrogen-bond donors (Lipinski definition) is 0. The number of rotatable bonds is 11. The van der Waals surface area contributed by atoms with E-state index in [0.29, 0.717) is 0 Å². The van der Waals surface area contributed by atoms with Crippen molar-refractivity contribution in [3.8, 4) is 0 Å². The van der Waals surface area contributed by atoms with Crippen LogP contribution >= 0.6 is 0 Å². The number of nitrogens with zero attached hydrogens (tertiary/aromatic N) is 1. The van der Waals surface area contributed by atoms with Gasteiger partial charge >= 0.3 is 0 Å². The monoisotopic (exact) mass is 213 g/mol. The van der Waals surface area contributed by atoms with Crippen molar-refractivity contribution in [3.63, 3.8) is 0 Å². The van der Waals surface area contributed by atoms with Crippen LogP contribution in [0.1, 0.15) is 65.2 Å². The first-order chi connectivity index (χ1) is 7.35. The molecule has 0 aromatic heterocycles. The Labute approximate surface area is 95.0 Å². The smallest absolute Gasteiger partial charge is 0.209 e. The molecular weight excluding hydrogens is 186 g/mol. The highest BCUT2D eigenvalue weighted by Crippen LogP contribution is 2.03. The summed E-state index contributed by atoms with van der Waals surface area (Å²) >= 11 is 0. The Hall–Kier alpha value is -0.530. The highest BCUT2D eigenvalue weighted by atomic mass is 16.1. The molecular formula is C13H27NO. The predicted octanol–water partition coefficient (Wildman–Crippen LogP) is 3.61. The zero-order valence-electron chi connectivity index (χ0n) is 10.5. The van der Waals surface area contributed by atoms with E-state index in [4.69, 9.17) is 0 Å². The fourth-order valence-electron chi connectivity index (χ4n) is 1.70. The molecule has 0 aliphatic rings. The van der Waals surface area contributed by atoms with E-state index in [-0.39, 0.29) is 0 Å². The van der Waals surface area contributed by atoms with Gasteiger partial charge in [-0.15, -0.1) is 0 Å². The van der Waals surface area contributed by atoms with E-state index < -0.39 is 0 Å². The predicted molar refractivity (Wildman–Crippen MR) is 65.9 cm³/mol. The van der Waals surface area contributed by atoms with E-state index in [1.807, 2.05) is 4.90 Å². The Kier molecular flexibility index (Phi) is 11.1. The molecule has 0 N–H and O–H groups in total. The number of hydrogen-bond acceptors (Lipinski definition) is 1. The van der Waals surface area contributed by atoms with Gasteiger partial charge in [0.1, 0.15) is 0 Å². The molecule has 0 spiro atoms. The molecule has 0 saturated carbocycles. The summed E-state index contributed by atoms with van der Waals surface area (Å²) in [6, 6.07) is 0. The zero-order chi connectivity index (χ0) is 11.4. The molecule has 0 atom stereocenters. The summed E-state index contributed by atoms with van der Waals surface area (Å²) in [5.41, 5.74) is 0. The van der Waals surface area contributed by atoms with Gasteiger partial charge in [0.2, 0.25) is 6.41 Å². The molecule has 90 valence electrons. The third-order valence-corrected chi connectivity index (χ3v) is 2.75. The lowest BCUT2D eigenvalue weighted by molar-refractivity contribution is -0.118. The molecule has 1 amide bonds. The van der Waals surface area contributed by atoms with Crippen molar-refractivity contribution >= 4 is 6.41 Å². The molecule has 0 aliphatic heterocycles. The molecule has 0 aliphatic carbocycles. The van der Waals surface area contributed by atoms with Crippen LogP contribution in [0.2, 0.25) is 0 Å². The topological polar surface area (TPSA) is 20.3 Å². The van der Waals surface area contributed by atoms with Crippen LogP contribution in [0.25, 0.3) is 0 Å². The second-order valence-electron chi connectivity index (χ2n) is 4.26. The van der Waals surface area contributed by atoms with Crippen LogP contribution in [0.4, 0.5) is 0 Å². The summed E-state index contributed by atoms with van der Waals surface area (Å²) in [7, 11) is 0. The quantitative estimate of drug-likeness (QED) is 0.379. The lowest BCUT2D eigenvalue weighted by atomic mass is 10.2. The van der Waals surface area contributed by atoms with E-state index >= 15 is 0 Å². The van der Waals surface area contributed by atoms with E-state index in [1.54, 1.807) is 0 Å². The number of carbonyl (C=O) groups excluding carboxylic acids is 1. The molecule has 15 heavy (non-hydrogen) atoms. The molecule has 0 saturated heterocycles. The van der Waals surface area contributed by atoms with Crippen molar-refractivity contribution in [1.29, 1.82) is 0 Å². The van der Waals surface area contributed by atoms with Crippen molar-refractivity contribution in [1.82, 2.24) is 4.90 Å². The van der Waals surface area contributed by atoms with Gasteiger partial charge in [0.05, 0.1) is 0 Å². The van der Waals surface area contributed by atoms with Gasteiger partial charge in [0.15, 0.2) is 0 Å². The van der Waals surface area contributed by atoms with E-state index in [2.05, 4.69) is 13.8 Å². The largest absolute Gasteiger partial charge is 0.345 e. The van der Waals surface area contributed by atoms with Crippen molar-refractivity contribution in [2.45, 2.75) is 65.2 Å². The average Bonchev–Trinajstić information content (AvgIpc) is 2.27. The summed E-state index contributed by atoms with van der Waals surface area (Å²) in [5.74, 6) is 0. The van der Waals surface area contributed by atoms with Gasteiger partial charge in [-0.2, -0.15) is 0 Å². The van der Waals surface area contributed by atoms with E-state index in [1.165, 1.54) is 51.4 Å². The van der Waals surface area contributed by atoms with Crippen LogP contribution < -0.4 is 0 Å². The Bertz CT molecular complexity index is 124. The Morgan fingerprint density at radius 1 is 0.800 bits per heavy atom. The van der Waals surface area contributed by atoms with Gasteiger partial charge < -0.3 is 4.90 Å². The SMILES string of the molecule is CCCCCCN(C=O)CCCCCC. The number of unbranched alkanes of at least 4 members (excludes halogenated alkanes) is 6. The first-order valence-electron chi connectivity index (χ1n) is 6.54. The second kappa shape index (κ2) is 11.5. The van der Waals surface area contributed by atoms with E-state index in [0.717, 1.165) is 19.5 Å². The fraction of sp³-hybridized carbons (Fsp3) is 0.923. The van der Waals surface area contributed by atoms with Gasteiger partial charge in [0, 0.05) is 13.1 Å². The third kappa shape index (κ3) is 9.77. The second-order valence-corrected chi connectivity index (χ2v) is 4.26. The van der Waals surface area contributed by atoms with Crippen LogP contribution in [0, 0.1) is 0 Å². The lowest BCUT2D eigenvalue weighted by Crippen LogP contribution is -2.24. The van der Waals surface area contributed by atoms with E-state index in [9.17, 15) is 4.79 Å². The molecule has 0 fully saturated rings. The number of carbonyl (C=O) groups is 1. The summed E-state index contributed by atoms with van der Waals surface area (Å²) in [6.07, 6.45) is 11.0. The summed E-state index contributed by atoms with van der Waals surface area (Å²) < 4.78 is 0. The lowest BCUT2D eigenvalue weighted by Gasteiger charge is -2.16. The Morgan fingerprint density at radius 2 is 1.27 bits per heavy atom.